The van der Waals surface area contributed by atoms with Crippen LogP contribution < -0.4 is 10.5 Å². The zero-order chi connectivity index (χ0) is 13.1. The van der Waals surface area contributed by atoms with E-state index in [9.17, 15) is 4.79 Å². The van der Waals surface area contributed by atoms with Gasteiger partial charge in [0.15, 0.2) is 0 Å². The van der Waals surface area contributed by atoms with Crippen LogP contribution in [0.5, 0.6) is 5.75 Å². The maximum absolute atomic E-state index is 10.9. The summed E-state index contributed by atoms with van der Waals surface area (Å²) in [5, 5.41) is 8.90. The Morgan fingerprint density at radius 3 is 2.78 bits per heavy atom. The number of carboxylic acids is 1. The van der Waals surface area contributed by atoms with Gasteiger partial charge in [-0.2, -0.15) is 0 Å². The summed E-state index contributed by atoms with van der Waals surface area (Å²) in [6.07, 6.45) is 3.71. The second kappa shape index (κ2) is 5.71. The molecule has 0 amide bonds. The number of carbonyl (C=O) groups is 1. The molecule has 0 aliphatic heterocycles. The van der Waals surface area contributed by atoms with Gasteiger partial charge in [0.25, 0.3) is 0 Å². The molecule has 0 bridgehead atoms. The molecule has 1 aromatic carbocycles. The lowest BCUT2D eigenvalue weighted by atomic mass is 9.86. The number of carboxylic acid groups (broad SMARTS) is 1. The molecule has 5 heteroatoms. The van der Waals surface area contributed by atoms with Gasteiger partial charge < -0.3 is 15.6 Å². The van der Waals surface area contributed by atoms with Crippen molar-refractivity contribution in [2.75, 3.05) is 6.61 Å². The van der Waals surface area contributed by atoms with Crippen LogP contribution in [-0.2, 0) is 4.79 Å². The number of ether oxygens (including phenoxy) is 1. The fraction of sp³-hybridized carbons (Fsp3) is 0.462. The normalized spacial score (nSPS) is 17.0. The molecule has 18 heavy (non-hydrogen) atoms. The average Bonchev–Trinajstić information content (AvgIpc) is 2.25. The molecule has 1 saturated carbocycles. The summed E-state index contributed by atoms with van der Waals surface area (Å²) < 4.78 is 6.46. The minimum Gasteiger partial charge on any atom is -0.493 e. The Kier molecular flexibility index (Phi) is 4.24. The summed E-state index contributed by atoms with van der Waals surface area (Å²) in [7, 11) is 0. The van der Waals surface area contributed by atoms with E-state index in [4.69, 9.17) is 15.6 Å². The van der Waals surface area contributed by atoms with E-state index in [1.807, 2.05) is 6.07 Å². The predicted molar refractivity (Wildman–Crippen MR) is 71.5 cm³/mol. The Bertz CT molecular complexity index is 446. The van der Waals surface area contributed by atoms with E-state index < -0.39 is 12.0 Å². The van der Waals surface area contributed by atoms with Crippen LogP contribution >= 0.6 is 15.9 Å². The van der Waals surface area contributed by atoms with Crippen LogP contribution in [0.2, 0.25) is 0 Å². The summed E-state index contributed by atoms with van der Waals surface area (Å²) >= 11 is 3.34. The Morgan fingerprint density at radius 1 is 1.50 bits per heavy atom. The molecule has 4 nitrogen and oxygen atoms in total. The standard InChI is InChI=1S/C13H16BrNO3/c14-10-4-9(12(15)13(16)17)5-11(6-10)18-7-8-2-1-3-8/h4-6,8,12H,1-3,7,15H2,(H,16,17). The average molecular weight is 314 g/mol. The number of aliphatic carboxylic acids is 1. The second-order valence-corrected chi connectivity index (χ2v) is 5.56. The first-order valence-electron chi connectivity index (χ1n) is 5.98. The highest BCUT2D eigenvalue weighted by atomic mass is 79.9. The maximum atomic E-state index is 10.9. The van der Waals surface area contributed by atoms with E-state index in [0.29, 0.717) is 23.8 Å². The van der Waals surface area contributed by atoms with Crippen LogP contribution in [0.4, 0.5) is 0 Å². The second-order valence-electron chi connectivity index (χ2n) is 4.64. The molecule has 0 aromatic heterocycles. The minimum absolute atomic E-state index is 0.542. The lowest BCUT2D eigenvalue weighted by Crippen LogP contribution is -2.21. The Labute approximate surface area is 114 Å². The number of benzene rings is 1. The fourth-order valence-electron chi connectivity index (χ4n) is 1.86. The van der Waals surface area contributed by atoms with Crippen LogP contribution in [0.15, 0.2) is 22.7 Å². The molecule has 1 aliphatic rings. The molecule has 1 unspecified atom stereocenters. The maximum Gasteiger partial charge on any atom is 0.325 e. The SMILES string of the molecule is NC(C(=O)O)c1cc(Br)cc(OCC2CCC2)c1. The van der Waals surface area contributed by atoms with Crippen LogP contribution in [-0.4, -0.2) is 17.7 Å². The Morgan fingerprint density at radius 2 is 2.22 bits per heavy atom. The van der Waals surface area contributed by atoms with E-state index in [1.54, 1.807) is 12.1 Å². The first-order chi connectivity index (χ1) is 8.56. The molecule has 0 spiro atoms. The molecule has 98 valence electrons. The summed E-state index contributed by atoms with van der Waals surface area (Å²) in [6, 6.07) is 4.21. The van der Waals surface area contributed by atoms with Crippen LogP contribution in [0.25, 0.3) is 0 Å². The third-order valence-electron chi connectivity index (χ3n) is 3.23. The Hall–Kier alpha value is -1.07. The van der Waals surface area contributed by atoms with Crippen molar-refractivity contribution >= 4 is 21.9 Å². The first kappa shape index (κ1) is 13.4. The smallest absolute Gasteiger partial charge is 0.325 e. The van der Waals surface area contributed by atoms with Crippen molar-refractivity contribution < 1.29 is 14.6 Å². The highest BCUT2D eigenvalue weighted by Crippen LogP contribution is 2.29. The zero-order valence-electron chi connectivity index (χ0n) is 9.93. The topological polar surface area (TPSA) is 72.6 Å². The molecule has 1 atom stereocenters. The van der Waals surface area contributed by atoms with E-state index >= 15 is 0 Å². The van der Waals surface area contributed by atoms with Crippen molar-refractivity contribution in [1.29, 1.82) is 0 Å². The molecule has 1 fully saturated rings. The van der Waals surface area contributed by atoms with Crippen molar-refractivity contribution in [1.82, 2.24) is 0 Å². The van der Waals surface area contributed by atoms with Gasteiger partial charge in [0.1, 0.15) is 11.8 Å². The van der Waals surface area contributed by atoms with Gasteiger partial charge in [-0.25, -0.2) is 0 Å². The number of rotatable bonds is 5. The quantitative estimate of drug-likeness (QED) is 0.876. The zero-order valence-corrected chi connectivity index (χ0v) is 11.5. The lowest BCUT2D eigenvalue weighted by Gasteiger charge is -2.25. The largest absolute Gasteiger partial charge is 0.493 e. The van der Waals surface area contributed by atoms with Gasteiger partial charge in [0, 0.05) is 4.47 Å². The van der Waals surface area contributed by atoms with Crippen LogP contribution in [0.1, 0.15) is 30.9 Å². The molecule has 0 saturated heterocycles. The van der Waals surface area contributed by atoms with Crippen LogP contribution in [0, 0.1) is 5.92 Å². The molecule has 1 aromatic rings. The van der Waals surface area contributed by atoms with Gasteiger partial charge in [-0.1, -0.05) is 22.4 Å². The van der Waals surface area contributed by atoms with E-state index in [1.165, 1.54) is 19.3 Å². The van der Waals surface area contributed by atoms with Crippen molar-refractivity contribution in [2.24, 2.45) is 11.7 Å². The number of halogens is 1. The van der Waals surface area contributed by atoms with Crippen molar-refractivity contribution in [3.63, 3.8) is 0 Å². The summed E-state index contributed by atoms with van der Waals surface area (Å²) in [6.45, 7) is 0.693. The molecular formula is C13H16BrNO3. The summed E-state index contributed by atoms with van der Waals surface area (Å²) in [5.74, 6) is 0.265. The lowest BCUT2D eigenvalue weighted by molar-refractivity contribution is -0.138. The van der Waals surface area contributed by atoms with Crippen molar-refractivity contribution in [3.8, 4) is 5.75 Å². The Balaban J connectivity index is 2.07. The third kappa shape index (κ3) is 3.23. The molecule has 0 heterocycles. The first-order valence-corrected chi connectivity index (χ1v) is 6.77. The monoisotopic (exact) mass is 313 g/mol. The van der Waals surface area contributed by atoms with Gasteiger partial charge in [-0.05, 0) is 42.5 Å². The van der Waals surface area contributed by atoms with Gasteiger partial charge in [-0.3, -0.25) is 4.79 Å². The van der Waals surface area contributed by atoms with E-state index in [2.05, 4.69) is 15.9 Å². The highest BCUT2D eigenvalue weighted by molar-refractivity contribution is 9.10. The molecule has 1 aliphatic carbocycles. The minimum atomic E-state index is -1.04. The molecule has 0 radical (unpaired) electrons. The van der Waals surface area contributed by atoms with Gasteiger partial charge >= 0.3 is 5.97 Å². The fourth-order valence-corrected chi connectivity index (χ4v) is 2.35. The van der Waals surface area contributed by atoms with Crippen LogP contribution in [0.3, 0.4) is 0 Å². The number of nitrogens with two attached hydrogens (primary N) is 1. The number of hydrogen-bond acceptors (Lipinski definition) is 3. The van der Waals surface area contributed by atoms with Crippen molar-refractivity contribution in [3.05, 3.63) is 28.2 Å². The van der Waals surface area contributed by atoms with E-state index in [-0.39, 0.29) is 0 Å². The third-order valence-corrected chi connectivity index (χ3v) is 3.69. The molecule has 2 rings (SSSR count). The summed E-state index contributed by atoms with van der Waals surface area (Å²) in [5.41, 5.74) is 6.14. The van der Waals surface area contributed by atoms with Gasteiger partial charge in [-0.15, -0.1) is 0 Å². The highest BCUT2D eigenvalue weighted by Gasteiger charge is 2.19. The summed E-state index contributed by atoms with van der Waals surface area (Å²) in [4.78, 5) is 10.9. The van der Waals surface area contributed by atoms with Gasteiger partial charge in [0.05, 0.1) is 6.61 Å². The molecular weight excluding hydrogens is 298 g/mol. The predicted octanol–water partition coefficient (Wildman–Crippen LogP) is 2.71. The van der Waals surface area contributed by atoms with Crippen molar-refractivity contribution in [2.45, 2.75) is 25.3 Å². The van der Waals surface area contributed by atoms with E-state index in [0.717, 1.165) is 4.47 Å². The molecule has 3 N–H and O–H groups in total. The van der Waals surface area contributed by atoms with Gasteiger partial charge in [0.2, 0.25) is 0 Å². The number of hydrogen-bond donors (Lipinski definition) is 2.